The first-order chi connectivity index (χ1) is 8.24. The van der Waals surface area contributed by atoms with E-state index in [9.17, 15) is 4.79 Å². The van der Waals surface area contributed by atoms with Crippen LogP contribution in [0.1, 0.15) is 12.6 Å². The summed E-state index contributed by atoms with van der Waals surface area (Å²) in [5.74, 6) is 0.0869. The normalized spacial score (nSPS) is 10.7. The van der Waals surface area contributed by atoms with Crippen molar-refractivity contribution in [2.24, 2.45) is 0 Å². The van der Waals surface area contributed by atoms with Crippen molar-refractivity contribution < 1.29 is 9.53 Å². The average Bonchev–Trinajstić information content (AvgIpc) is 2.83. The average molecular weight is 267 g/mol. The number of pyridine rings is 1. The lowest BCUT2D eigenvalue weighted by molar-refractivity contribution is -0.137. The lowest BCUT2D eigenvalue weighted by Crippen LogP contribution is -2.03. The van der Waals surface area contributed by atoms with E-state index in [0.29, 0.717) is 5.75 Å². The first kappa shape index (κ1) is 12.4. The van der Waals surface area contributed by atoms with Crippen LogP contribution in [-0.4, -0.2) is 23.8 Å². The Balaban J connectivity index is 2.30. The largest absolute Gasteiger partial charge is 0.468 e. The maximum absolute atomic E-state index is 11.1. The van der Waals surface area contributed by atoms with Gasteiger partial charge in [-0.2, -0.15) is 0 Å². The number of nitrogens with zero attached hydrogens (tertiary/aromatic N) is 1. The molecule has 0 aliphatic rings. The van der Waals surface area contributed by atoms with Crippen molar-refractivity contribution in [3.05, 3.63) is 23.2 Å². The molecule has 90 valence electrons. The van der Waals surface area contributed by atoms with Gasteiger partial charge in [0, 0.05) is 15.8 Å². The number of hydrogen-bond donors (Lipinski definition) is 0. The fraction of sp³-hybridized carbons (Fsp3) is 0.333. The van der Waals surface area contributed by atoms with Crippen LogP contribution < -0.4 is 0 Å². The van der Waals surface area contributed by atoms with Gasteiger partial charge < -0.3 is 4.74 Å². The number of hydrogen-bond acceptors (Lipinski definition) is 5. The number of thiophene rings is 1. The van der Waals surface area contributed by atoms with Gasteiger partial charge in [-0.05, 0) is 23.9 Å². The van der Waals surface area contributed by atoms with E-state index in [1.165, 1.54) is 23.6 Å². The number of aromatic nitrogens is 1. The smallest absolute Gasteiger partial charge is 0.316 e. The maximum Gasteiger partial charge on any atom is 0.316 e. The van der Waals surface area contributed by atoms with E-state index in [2.05, 4.69) is 22.7 Å². The highest BCUT2D eigenvalue weighted by Gasteiger charge is 2.09. The third-order valence-corrected chi connectivity index (χ3v) is 4.21. The molecule has 0 unspecified atom stereocenters. The molecule has 17 heavy (non-hydrogen) atoms. The Labute approximate surface area is 108 Å². The van der Waals surface area contributed by atoms with Gasteiger partial charge in [0.25, 0.3) is 0 Å². The zero-order chi connectivity index (χ0) is 12.3. The van der Waals surface area contributed by atoms with Crippen LogP contribution in [0.3, 0.4) is 0 Å². The van der Waals surface area contributed by atoms with Crippen molar-refractivity contribution in [1.82, 2.24) is 4.98 Å². The van der Waals surface area contributed by atoms with Gasteiger partial charge in [0.15, 0.2) is 0 Å². The zero-order valence-electron chi connectivity index (χ0n) is 9.73. The van der Waals surface area contributed by atoms with E-state index in [4.69, 9.17) is 0 Å². The van der Waals surface area contributed by atoms with Gasteiger partial charge in [-0.1, -0.05) is 18.7 Å². The predicted molar refractivity (Wildman–Crippen MR) is 71.7 cm³/mol. The third kappa shape index (κ3) is 2.79. The molecule has 0 bridgehead atoms. The molecule has 0 spiro atoms. The minimum Gasteiger partial charge on any atom is -0.468 e. The Hall–Kier alpha value is -1.07. The van der Waals surface area contributed by atoms with E-state index in [1.807, 2.05) is 11.4 Å². The number of fused-ring (bicyclic) bond motifs is 1. The van der Waals surface area contributed by atoms with E-state index in [-0.39, 0.29) is 5.97 Å². The second kappa shape index (κ2) is 5.51. The summed E-state index contributed by atoms with van der Waals surface area (Å²) in [6.07, 6.45) is 0.902. The van der Waals surface area contributed by atoms with Crippen molar-refractivity contribution in [2.75, 3.05) is 12.9 Å². The zero-order valence-corrected chi connectivity index (χ0v) is 11.4. The summed E-state index contributed by atoms with van der Waals surface area (Å²) < 4.78 is 5.86. The van der Waals surface area contributed by atoms with Gasteiger partial charge in [0.05, 0.1) is 12.9 Å². The van der Waals surface area contributed by atoms with Crippen molar-refractivity contribution >= 4 is 39.2 Å². The molecule has 0 saturated carbocycles. The molecule has 0 amide bonds. The van der Waals surface area contributed by atoms with E-state index >= 15 is 0 Å². The van der Waals surface area contributed by atoms with Crippen molar-refractivity contribution in [2.45, 2.75) is 18.4 Å². The summed E-state index contributed by atoms with van der Waals surface area (Å²) >= 11 is 3.14. The molecule has 0 saturated heterocycles. The number of thioether (sulfide) groups is 1. The van der Waals surface area contributed by atoms with E-state index in [1.54, 1.807) is 11.3 Å². The molecule has 2 aromatic heterocycles. The number of ether oxygens (including phenoxy) is 1. The predicted octanol–water partition coefficient (Wildman–Crippen LogP) is 3.12. The Morgan fingerprint density at radius 1 is 1.59 bits per heavy atom. The van der Waals surface area contributed by atoms with Crippen LogP contribution in [0.5, 0.6) is 0 Å². The number of methoxy groups -OCH3 is 1. The van der Waals surface area contributed by atoms with E-state index < -0.39 is 0 Å². The molecule has 3 nitrogen and oxygen atoms in total. The molecule has 0 aromatic carbocycles. The van der Waals surface area contributed by atoms with Gasteiger partial charge in [-0.25, -0.2) is 4.98 Å². The number of rotatable bonds is 4. The number of esters is 1. The highest BCUT2D eigenvalue weighted by Crippen LogP contribution is 2.30. The monoisotopic (exact) mass is 267 g/mol. The summed E-state index contributed by atoms with van der Waals surface area (Å²) in [7, 11) is 1.40. The molecule has 2 heterocycles. The van der Waals surface area contributed by atoms with Crippen LogP contribution in [0.2, 0.25) is 0 Å². The van der Waals surface area contributed by atoms with Crippen molar-refractivity contribution in [3.63, 3.8) is 0 Å². The Bertz CT molecular complexity index is 536. The highest BCUT2D eigenvalue weighted by molar-refractivity contribution is 8.00. The molecule has 2 rings (SSSR count). The Morgan fingerprint density at radius 3 is 3.12 bits per heavy atom. The SMILES string of the molecule is CCc1cc2sccc2c(SCC(=O)OC)n1. The number of carbonyl (C=O) groups excluding carboxylic acids is 1. The lowest BCUT2D eigenvalue weighted by atomic mass is 10.2. The van der Waals surface area contributed by atoms with Crippen LogP contribution in [0.4, 0.5) is 0 Å². The lowest BCUT2D eigenvalue weighted by Gasteiger charge is -2.04. The molecule has 0 atom stereocenters. The van der Waals surface area contributed by atoms with Crippen molar-refractivity contribution in [1.29, 1.82) is 0 Å². The molecule has 0 fully saturated rings. The first-order valence-electron chi connectivity index (χ1n) is 5.31. The molecule has 0 N–H and O–H groups in total. The second-order valence-corrected chi connectivity index (χ2v) is 5.38. The summed E-state index contributed by atoms with van der Waals surface area (Å²) in [5.41, 5.74) is 1.06. The fourth-order valence-electron chi connectivity index (χ4n) is 1.46. The molecular weight excluding hydrogens is 254 g/mol. The van der Waals surface area contributed by atoms with Gasteiger partial charge in [0.1, 0.15) is 5.03 Å². The molecule has 0 aliphatic carbocycles. The third-order valence-electron chi connectivity index (χ3n) is 2.39. The van der Waals surface area contributed by atoms with Gasteiger partial charge in [-0.3, -0.25) is 4.79 Å². The summed E-state index contributed by atoms with van der Waals surface area (Å²) in [5, 5.41) is 4.10. The Kier molecular flexibility index (Phi) is 4.02. The highest BCUT2D eigenvalue weighted by atomic mass is 32.2. The molecule has 2 aromatic rings. The van der Waals surface area contributed by atoms with Crippen LogP contribution in [0.25, 0.3) is 10.1 Å². The number of carbonyl (C=O) groups is 1. The quantitative estimate of drug-likeness (QED) is 0.630. The standard InChI is InChI=1S/C12H13NO2S2/c1-3-8-6-10-9(4-5-16-10)12(13-8)17-7-11(14)15-2/h4-6H,3,7H2,1-2H3. The number of aryl methyl sites for hydroxylation is 1. The van der Waals surface area contributed by atoms with Crippen LogP contribution in [-0.2, 0) is 16.0 Å². The maximum atomic E-state index is 11.1. The van der Waals surface area contributed by atoms with E-state index in [0.717, 1.165) is 22.5 Å². The molecular formula is C12H13NO2S2. The molecule has 0 radical (unpaired) electrons. The second-order valence-electron chi connectivity index (χ2n) is 3.47. The Morgan fingerprint density at radius 2 is 2.41 bits per heavy atom. The summed E-state index contributed by atoms with van der Waals surface area (Å²) in [6, 6.07) is 4.16. The minimum absolute atomic E-state index is 0.220. The molecule has 0 aliphatic heterocycles. The van der Waals surface area contributed by atoms with Crippen LogP contribution in [0.15, 0.2) is 22.5 Å². The summed E-state index contributed by atoms with van der Waals surface area (Å²) in [4.78, 5) is 15.7. The molecule has 5 heteroatoms. The first-order valence-corrected chi connectivity index (χ1v) is 7.18. The van der Waals surface area contributed by atoms with Gasteiger partial charge in [-0.15, -0.1) is 11.3 Å². The van der Waals surface area contributed by atoms with Crippen molar-refractivity contribution in [3.8, 4) is 0 Å². The van der Waals surface area contributed by atoms with Crippen LogP contribution in [0, 0.1) is 0 Å². The van der Waals surface area contributed by atoms with Gasteiger partial charge >= 0.3 is 5.97 Å². The minimum atomic E-state index is -0.220. The van der Waals surface area contributed by atoms with Gasteiger partial charge in [0.2, 0.25) is 0 Å². The van der Waals surface area contributed by atoms with Crippen LogP contribution >= 0.6 is 23.1 Å². The summed E-state index contributed by atoms with van der Waals surface area (Å²) in [6.45, 7) is 2.08. The fourth-order valence-corrected chi connectivity index (χ4v) is 3.26. The topological polar surface area (TPSA) is 39.2 Å².